The highest BCUT2D eigenvalue weighted by atomic mass is 16.5. The van der Waals surface area contributed by atoms with E-state index in [4.69, 9.17) is 9.84 Å². The van der Waals surface area contributed by atoms with Crippen molar-refractivity contribution in [3.8, 4) is 0 Å². The molecule has 2 N–H and O–H groups in total. The van der Waals surface area contributed by atoms with E-state index in [2.05, 4.69) is 5.32 Å². The first-order chi connectivity index (χ1) is 5.74. The van der Waals surface area contributed by atoms with Gasteiger partial charge in [0.1, 0.15) is 6.04 Å². The van der Waals surface area contributed by atoms with Crippen LogP contribution in [0.2, 0.25) is 0 Å². The van der Waals surface area contributed by atoms with E-state index in [0.717, 1.165) is 6.42 Å². The zero-order chi connectivity index (χ0) is 8.97. The van der Waals surface area contributed by atoms with Crippen LogP contribution in [0.5, 0.6) is 0 Å². The van der Waals surface area contributed by atoms with Crippen LogP contribution in [0.3, 0.4) is 0 Å². The largest absolute Gasteiger partial charge is 0.480 e. The van der Waals surface area contributed by atoms with Crippen molar-refractivity contribution in [2.75, 3.05) is 13.2 Å². The lowest BCUT2D eigenvalue weighted by molar-refractivity contribution is -0.139. The maximum Gasteiger partial charge on any atom is 0.320 e. The second kappa shape index (κ2) is 4.42. The van der Waals surface area contributed by atoms with Crippen molar-refractivity contribution in [2.45, 2.75) is 31.8 Å². The highest BCUT2D eigenvalue weighted by Crippen LogP contribution is 2.12. The van der Waals surface area contributed by atoms with Crippen LogP contribution >= 0.6 is 0 Å². The van der Waals surface area contributed by atoms with Crippen molar-refractivity contribution < 1.29 is 14.6 Å². The minimum absolute atomic E-state index is 0.228. The minimum atomic E-state index is -0.756. The Morgan fingerprint density at radius 3 is 2.92 bits per heavy atom. The lowest BCUT2D eigenvalue weighted by atomic mass is 10.2. The molecule has 2 atom stereocenters. The van der Waals surface area contributed by atoms with Gasteiger partial charge in [0.15, 0.2) is 0 Å². The van der Waals surface area contributed by atoms with E-state index in [1.54, 1.807) is 0 Å². The number of nitrogens with one attached hydrogen (secondary N) is 1. The Kier molecular flexibility index (Phi) is 3.49. The molecule has 0 bridgehead atoms. The van der Waals surface area contributed by atoms with Crippen molar-refractivity contribution in [2.24, 2.45) is 0 Å². The smallest absolute Gasteiger partial charge is 0.320 e. The number of aliphatic carboxylic acids is 1. The lowest BCUT2D eigenvalue weighted by Crippen LogP contribution is -2.37. The minimum Gasteiger partial charge on any atom is -0.480 e. The molecular formula is C8H15NO3. The SMILES string of the molecule is CCOCC1CCC(C(=O)O)N1. The number of rotatable bonds is 4. The van der Waals surface area contributed by atoms with Crippen LogP contribution < -0.4 is 5.32 Å². The molecule has 1 rings (SSSR count). The van der Waals surface area contributed by atoms with Gasteiger partial charge in [-0.05, 0) is 19.8 Å². The quantitative estimate of drug-likeness (QED) is 0.639. The fourth-order valence-corrected chi connectivity index (χ4v) is 1.41. The monoisotopic (exact) mass is 173 g/mol. The summed E-state index contributed by atoms with van der Waals surface area (Å²) < 4.78 is 5.19. The molecule has 70 valence electrons. The summed E-state index contributed by atoms with van der Waals surface area (Å²) in [6.07, 6.45) is 1.62. The van der Waals surface area contributed by atoms with E-state index in [1.807, 2.05) is 6.92 Å². The third-order valence-electron chi connectivity index (χ3n) is 2.06. The van der Waals surface area contributed by atoms with E-state index in [0.29, 0.717) is 19.6 Å². The fraction of sp³-hybridized carbons (Fsp3) is 0.875. The third kappa shape index (κ3) is 2.46. The van der Waals surface area contributed by atoms with Crippen molar-refractivity contribution in [3.05, 3.63) is 0 Å². The first kappa shape index (κ1) is 9.48. The average Bonchev–Trinajstić information content (AvgIpc) is 2.48. The van der Waals surface area contributed by atoms with Crippen molar-refractivity contribution in [1.82, 2.24) is 5.32 Å². The topological polar surface area (TPSA) is 58.6 Å². The Morgan fingerprint density at radius 2 is 2.42 bits per heavy atom. The first-order valence-corrected chi connectivity index (χ1v) is 4.30. The normalized spacial score (nSPS) is 29.1. The van der Waals surface area contributed by atoms with Gasteiger partial charge in [0.25, 0.3) is 0 Å². The van der Waals surface area contributed by atoms with Crippen molar-refractivity contribution in [1.29, 1.82) is 0 Å². The predicted octanol–water partition coefficient (Wildman–Crippen LogP) is 0.228. The molecule has 2 unspecified atom stereocenters. The van der Waals surface area contributed by atoms with Crippen LogP contribution in [0.1, 0.15) is 19.8 Å². The van der Waals surface area contributed by atoms with Crippen LogP contribution in [0.4, 0.5) is 0 Å². The van der Waals surface area contributed by atoms with Gasteiger partial charge >= 0.3 is 5.97 Å². The molecule has 12 heavy (non-hydrogen) atoms. The number of hydrogen-bond donors (Lipinski definition) is 2. The fourth-order valence-electron chi connectivity index (χ4n) is 1.41. The summed E-state index contributed by atoms with van der Waals surface area (Å²) in [5.41, 5.74) is 0. The second-order valence-electron chi connectivity index (χ2n) is 2.99. The van der Waals surface area contributed by atoms with Gasteiger partial charge in [0.05, 0.1) is 6.61 Å². The van der Waals surface area contributed by atoms with Crippen molar-refractivity contribution in [3.63, 3.8) is 0 Å². The zero-order valence-corrected chi connectivity index (χ0v) is 7.25. The second-order valence-corrected chi connectivity index (χ2v) is 2.99. The predicted molar refractivity (Wildman–Crippen MR) is 44.1 cm³/mol. The molecule has 4 nitrogen and oxygen atoms in total. The van der Waals surface area contributed by atoms with Crippen LogP contribution in [-0.4, -0.2) is 36.4 Å². The molecule has 1 aliphatic rings. The highest BCUT2D eigenvalue weighted by molar-refractivity contribution is 5.73. The Labute approximate surface area is 71.9 Å². The van der Waals surface area contributed by atoms with Crippen LogP contribution in [0.15, 0.2) is 0 Å². The van der Waals surface area contributed by atoms with Gasteiger partial charge in [-0.3, -0.25) is 10.1 Å². The van der Waals surface area contributed by atoms with Gasteiger partial charge in [-0.2, -0.15) is 0 Å². The summed E-state index contributed by atoms with van der Waals surface area (Å²) >= 11 is 0. The number of carboxylic acids is 1. The van der Waals surface area contributed by atoms with E-state index in [-0.39, 0.29) is 12.1 Å². The summed E-state index contributed by atoms with van der Waals surface area (Å²) in [5, 5.41) is 11.7. The Morgan fingerprint density at radius 1 is 1.67 bits per heavy atom. The van der Waals surface area contributed by atoms with E-state index in [9.17, 15) is 4.79 Å². The number of hydrogen-bond acceptors (Lipinski definition) is 3. The number of carbonyl (C=O) groups is 1. The average molecular weight is 173 g/mol. The van der Waals surface area contributed by atoms with Gasteiger partial charge < -0.3 is 9.84 Å². The molecule has 0 saturated carbocycles. The van der Waals surface area contributed by atoms with E-state index < -0.39 is 5.97 Å². The Bertz CT molecular complexity index is 160. The Balaban J connectivity index is 2.21. The van der Waals surface area contributed by atoms with E-state index in [1.165, 1.54) is 0 Å². The molecule has 0 spiro atoms. The molecular weight excluding hydrogens is 158 g/mol. The zero-order valence-electron chi connectivity index (χ0n) is 7.25. The van der Waals surface area contributed by atoms with Gasteiger partial charge in [-0.25, -0.2) is 0 Å². The van der Waals surface area contributed by atoms with Crippen LogP contribution in [0, 0.1) is 0 Å². The maximum absolute atomic E-state index is 10.5. The molecule has 0 radical (unpaired) electrons. The molecule has 4 heteroatoms. The van der Waals surface area contributed by atoms with Gasteiger partial charge in [0.2, 0.25) is 0 Å². The molecule has 0 aliphatic carbocycles. The summed E-state index contributed by atoms with van der Waals surface area (Å²) in [6, 6.07) is -0.137. The van der Waals surface area contributed by atoms with Crippen LogP contribution in [-0.2, 0) is 9.53 Å². The highest BCUT2D eigenvalue weighted by Gasteiger charge is 2.28. The molecule has 0 amide bonds. The first-order valence-electron chi connectivity index (χ1n) is 4.30. The molecule has 1 saturated heterocycles. The summed E-state index contributed by atoms with van der Waals surface area (Å²) in [7, 11) is 0. The molecule has 1 heterocycles. The number of carboxylic acid groups (broad SMARTS) is 1. The number of ether oxygens (including phenoxy) is 1. The molecule has 1 fully saturated rings. The van der Waals surface area contributed by atoms with Gasteiger partial charge in [-0.1, -0.05) is 0 Å². The summed E-state index contributed by atoms with van der Waals surface area (Å²) in [5.74, 6) is -0.756. The Hall–Kier alpha value is -0.610. The molecule has 0 aromatic rings. The lowest BCUT2D eigenvalue weighted by Gasteiger charge is -2.10. The third-order valence-corrected chi connectivity index (χ3v) is 2.06. The van der Waals surface area contributed by atoms with E-state index >= 15 is 0 Å². The van der Waals surface area contributed by atoms with Gasteiger partial charge in [-0.15, -0.1) is 0 Å². The van der Waals surface area contributed by atoms with Gasteiger partial charge in [0, 0.05) is 12.6 Å². The van der Waals surface area contributed by atoms with Crippen molar-refractivity contribution >= 4 is 5.97 Å². The summed E-state index contributed by atoms with van der Waals surface area (Å²) in [6.45, 7) is 3.25. The standard InChI is InChI=1S/C8H15NO3/c1-2-12-5-6-3-4-7(9-6)8(10)11/h6-7,9H,2-5H2,1H3,(H,10,11). The maximum atomic E-state index is 10.5. The van der Waals surface area contributed by atoms with Crippen LogP contribution in [0.25, 0.3) is 0 Å². The molecule has 1 aliphatic heterocycles. The summed E-state index contributed by atoms with van der Waals surface area (Å²) in [4.78, 5) is 10.5. The molecule has 0 aromatic carbocycles. The molecule has 0 aromatic heterocycles.